The van der Waals surface area contributed by atoms with Crippen molar-refractivity contribution in [3.63, 3.8) is 0 Å². The third-order valence-electron chi connectivity index (χ3n) is 3.32. The molecule has 1 aliphatic rings. The molecule has 2 aromatic rings. The van der Waals surface area contributed by atoms with E-state index in [0.717, 1.165) is 17.7 Å². The molecule has 2 nitrogen and oxygen atoms in total. The van der Waals surface area contributed by atoms with E-state index < -0.39 is 6.10 Å². The summed E-state index contributed by atoms with van der Waals surface area (Å²) in [5.41, 5.74) is 1.77. The lowest BCUT2D eigenvalue weighted by molar-refractivity contribution is 0.0756. The van der Waals surface area contributed by atoms with E-state index in [9.17, 15) is 4.79 Å². The molecule has 0 spiro atoms. The van der Waals surface area contributed by atoms with Gasteiger partial charge >= 0.3 is 0 Å². The average Bonchev–Trinajstić information content (AvgIpc) is 2.47. The van der Waals surface area contributed by atoms with Crippen LogP contribution in [0.1, 0.15) is 22.3 Å². The van der Waals surface area contributed by atoms with E-state index in [1.54, 1.807) is 6.07 Å². The number of hydrogen-bond acceptors (Lipinski definition) is 2. The number of fused-ring (bicyclic) bond motifs is 1. The predicted molar refractivity (Wildman–Crippen MR) is 75.0 cm³/mol. The van der Waals surface area contributed by atoms with Gasteiger partial charge in [0.05, 0.1) is 0 Å². The lowest BCUT2D eigenvalue weighted by Crippen LogP contribution is -2.31. The number of rotatable bonds is 2. The Morgan fingerprint density at radius 2 is 1.95 bits per heavy atom. The van der Waals surface area contributed by atoms with E-state index >= 15 is 0 Å². The topological polar surface area (TPSA) is 26.3 Å². The van der Waals surface area contributed by atoms with Crippen LogP contribution >= 0.6 is 11.6 Å². The van der Waals surface area contributed by atoms with Crippen LogP contribution in [-0.2, 0) is 6.42 Å². The maximum atomic E-state index is 12.3. The summed E-state index contributed by atoms with van der Waals surface area (Å²) >= 11 is 5.95. The zero-order valence-corrected chi connectivity index (χ0v) is 11.1. The standard InChI is InChI=1S/C16H13ClO2/c17-13-7-9-14-12(10-13)6-8-15(19-14)16(18)11-4-2-1-3-5-11/h1-5,7,9-10,15H,6,8H2. The van der Waals surface area contributed by atoms with Crippen molar-refractivity contribution in [2.75, 3.05) is 0 Å². The van der Waals surface area contributed by atoms with E-state index in [0.29, 0.717) is 17.0 Å². The lowest BCUT2D eigenvalue weighted by atomic mass is 9.97. The Morgan fingerprint density at radius 3 is 2.74 bits per heavy atom. The van der Waals surface area contributed by atoms with Crippen LogP contribution in [0.3, 0.4) is 0 Å². The molecule has 0 fully saturated rings. The minimum Gasteiger partial charge on any atom is -0.482 e. The summed E-state index contributed by atoms with van der Waals surface area (Å²) in [7, 11) is 0. The van der Waals surface area contributed by atoms with Crippen LogP contribution < -0.4 is 4.74 Å². The van der Waals surface area contributed by atoms with Gasteiger partial charge in [0.2, 0.25) is 5.78 Å². The monoisotopic (exact) mass is 272 g/mol. The Labute approximate surface area is 117 Å². The number of ether oxygens (including phenoxy) is 1. The summed E-state index contributed by atoms with van der Waals surface area (Å²) < 4.78 is 5.79. The Morgan fingerprint density at radius 1 is 1.16 bits per heavy atom. The van der Waals surface area contributed by atoms with Crippen LogP contribution in [0.4, 0.5) is 0 Å². The first kappa shape index (κ1) is 12.2. The maximum absolute atomic E-state index is 12.3. The highest BCUT2D eigenvalue weighted by Crippen LogP contribution is 2.30. The molecule has 3 rings (SSSR count). The van der Waals surface area contributed by atoms with Crippen molar-refractivity contribution in [2.24, 2.45) is 0 Å². The van der Waals surface area contributed by atoms with Gasteiger partial charge in [-0.15, -0.1) is 0 Å². The largest absolute Gasteiger partial charge is 0.482 e. The summed E-state index contributed by atoms with van der Waals surface area (Å²) in [5, 5.41) is 0.704. The number of aryl methyl sites for hydroxylation is 1. The number of benzene rings is 2. The molecule has 0 saturated heterocycles. The van der Waals surface area contributed by atoms with Crippen molar-refractivity contribution in [2.45, 2.75) is 18.9 Å². The van der Waals surface area contributed by atoms with Crippen molar-refractivity contribution < 1.29 is 9.53 Å². The summed E-state index contributed by atoms with van der Waals surface area (Å²) in [6, 6.07) is 14.8. The number of halogens is 1. The van der Waals surface area contributed by atoms with Crippen LogP contribution in [0, 0.1) is 0 Å². The molecule has 0 N–H and O–H groups in total. The van der Waals surface area contributed by atoms with Gasteiger partial charge in [0.25, 0.3) is 0 Å². The van der Waals surface area contributed by atoms with E-state index in [4.69, 9.17) is 16.3 Å². The number of carbonyl (C=O) groups excluding carboxylic acids is 1. The highest BCUT2D eigenvalue weighted by molar-refractivity contribution is 6.30. The first-order valence-corrected chi connectivity index (χ1v) is 6.66. The molecular formula is C16H13ClO2. The second kappa shape index (κ2) is 5.06. The Balaban J connectivity index is 1.82. The third kappa shape index (κ3) is 2.49. The zero-order valence-electron chi connectivity index (χ0n) is 10.3. The number of Topliss-reactive ketones (excluding diaryl/α,β-unsaturated/α-hetero) is 1. The highest BCUT2D eigenvalue weighted by atomic mass is 35.5. The van der Waals surface area contributed by atoms with Crippen molar-refractivity contribution in [1.29, 1.82) is 0 Å². The van der Waals surface area contributed by atoms with Gasteiger partial charge in [-0.2, -0.15) is 0 Å². The molecule has 0 aromatic heterocycles. The number of ketones is 1. The maximum Gasteiger partial charge on any atom is 0.203 e. The summed E-state index contributed by atoms with van der Waals surface area (Å²) in [6.45, 7) is 0. The molecule has 0 aliphatic carbocycles. The number of hydrogen-bond donors (Lipinski definition) is 0. The molecule has 0 saturated carbocycles. The smallest absolute Gasteiger partial charge is 0.203 e. The Kier molecular flexibility index (Phi) is 3.26. The predicted octanol–water partition coefficient (Wildman–Crippen LogP) is 3.92. The minimum atomic E-state index is -0.393. The van der Waals surface area contributed by atoms with Gasteiger partial charge in [-0.05, 0) is 36.6 Å². The van der Waals surface area contributed by atoms with Crippen molar-refractivity contribution in [1.82, 2.24) is 0 Å². The molecular weight excluding hydrogens is 260 g/mol. The Bertz CT molecular complexity index is 607. The number of carbonyl (C=O) groups is 1. The molecule has 0 bridgehead atoms. The van der Waals surface area contributed by atoms with E-state index in [-0.39, 0.29) is 5.78 Å². The fourth-order valence-electron chi connectivity index (χ4n) is 2.33. The molecule has 1 unspecified atom stereocenters. The van der Waals surface area contributed by atoms with Crippen molar-refractivity contribution >= 4 is 17.4 Å². The molecule has 3 heteroatoms. The van der Waals surface area contributed by atoms with E-state index in [1.807, 2.05) is 42.5 Å². The van der Waals surface area contributed by atoms with E-state index in [1.165, 1.54) is 0 Å². The molecule has 96 valence electrons. The van der Waals surface area contributed by atoms with Gasteiger partial charge in [0.15, 0.2) is 6.10 Å². The highest BCUT2D eigenvalue weighted by Gasteiger charge is 2.26. The van der Waals surface area contributed by atoms with Gasteiger partial charge in [-0.3, -0.25) is 4.79 Å². The molecule has 2 aromatic carbocycles. The quantitative estimate of drug-likeness (QED) is 0.775. The molecule has 0 amide bonds. The fourth-order valence-corrected chi connectivity index (χ4v) is 2.52. The lowest BCUT2D eigenvalue weighted by Gasteiger charge is -2.25. The van der Waals surface area contributed by atoms with Crippen LogP contribution in [0.2, 0.25) is 5.02 Å². The van der Waals surface area contributed by atoms with Crippen LogP contribution in [0.15, 0.2) is 48.5 Å². The van der Waals surface area contributed by atoms with E-state index in [2.05, 4.69) is 0 Å². The third-order valence-corrected chi connectivity index (χ3v) is 3.55. The van der Waals surface area contributed by atoms with Crippen molar-refractivity contribution in [3.05, 3.63) is 64.7 Å². The fraction of sp³-hybridized carbons (Fsp3) is 0.188. The summed E-state index contributed by atoms with van der Waals surface area (Å²) in [5.74, 6) is 0.811. The van der Waals surface area contributed by atoms with Gasteiger partial charge in [-0.1, -0.05) is 41.9 Å². The first-order chi connectivity index (χ1) is 9.24. The molecule has 1 atom stereocenters. The van der Waals surface area contributed by atoms with Crippen molar-refractivity contribution in [3.8, 4) is 5.75 Å². The van der Waals surface area contributed by atoms with Gasteiger partial charge in [0, 0.05) is 10.6 Å². The van der Waals surface area contributed by atoms with Crippen LogP contribution in [-0.4, -0.2) is 11.9 Å². The van der Waals surface area contributed by atoms with Crippen LogP contribution in [0.25, 0.3) is 0 Å². The van der Waals surface area contributed by atoms with Crippen LogP contribution in [0.5, 0.6) is 5.75 Å². The van der Waals surface area contributed by atoms with Gasteiger partial charge in [0.1, 0.15) is 5.75 Å². The van der Waals surface area contributed by atoms with Gasteiger partial charge < -0.3 is 4.74 Å². The SMILES string of the molecule is O=C(c1ccccc1)C1CCc2cc(Cl)ccc2O1. The second-order valence-corrected chi connectivity index (χ2v) is 5.06. The normalized spacial score (nSPS) is 17.4. The summed E-state index contributed by atoms with van der Waals surface area (Å²) in [6.07, 6.45) is 1.12. The Hall–Kier alpha value is -1.80. The minimum absolute atomic E-state index is 0.0428. The molecule has 1 aliphatic heterocycles. The second-order valence-electron chi connectivity index (χ2n) is 4.63. The molecule has 1 heterocycles. The van der Waals surface area contributed by atoms with Gasteiger partial charge in [-0.25, -0.2) is 0 Å². The average molecular weight is 273 g/mol. The first-order valence-electron chi connectivity index (χ1n) is 6.28. The zero-order chi connectivity index (χ0) is 13.2. The summed E-state index contributed by atoms with van der Waals surface area (Å²) in [4.78, 5) is 12.3. The molecule has 19 heavy (non-hydrogen) atoms. The molecule has 0 radical (unpaired) electrons.